The van der Waals surface area contributed by atoms with E-state index in [4.69, 9.17) is 0 Å². The molecule has 3 rings (SSSR count). The maximum absolute atomic E-state index is 12.7. The lowest BCUT2D eigenvalue weighted by Crippen LogP contribution is -2.46. The highest BCUT2D eigenvalue weighted by atomic mass is 16.2. The van der Waals surface area contributed by atoms with Crippen molar-refractivity contribution in [2.75, 3.05) is 26.7 Å². The van der Waals surface area contributed by atoms with Crippen LogP contribution in [0.25, 0.3) is 0 Å². The highest BCUT2D eigenvalue weighted by Crippen LogP contribution is 2.18. The first-order chi connectivity index (χ1) is 12.1. The SMILES string of the molecule is Cc1ccc(C(=O)N(C)C2CCN(CCc3ccccn3)CC2)cc1. The van der Waals surface area contributed by atoms with Crippen molar-refractivity contribution in [3.63, 3.8) is 0 Å². The van der Waals surface area contributed by atoms with Gasteiger partial charge in [0.2, 0.25) is 0 Å². The Labute approximate surface area is 150 Å². The third kappa shape index (κ3) is 4.67. The summed E-state index contributed by atoms with van der Waals surface area (Å²) in [5.41, 5.74) is 3.11. The Balaban J connectivity index is 1.48. The molecule has 0 aliphatic carbocycles. The standard InChI is InChI=1S/C21H27N3O/c1-17-6-8-18(9-7-17)21(25)23(2)20-11-15-24(16-12-20)14-10-19-5-3-4-13-22-19/h3-9,13,20H,10-12,14-16H2,1-2H3. The molecule has 1 aliphatic rings. The molecule has 25 heavy (non-hydrogen) atoms. The molecule has 132 valence electrons. The molecule has 1 aromatic heterocycles. The van der Waals surface area contributed by atoms with Gasteiger partial charge in [0.15, 0.2) is 0 Å². The van der Waals surface area contributed by atoms with Gasteiger partial charge in [-0.05, 0) is 44.0 Å². The van der Waals surface area contributed by atoms with Crippen LogP contribution in [0.15, 0.2) is 48.7 Å². The lowest BCUT2D eigenvalue weighted by Gasteiger charge is -2.36. The lowest BCUT2D eigenvalue weighted by molar-refractivity contribution is 0.0643. The second-order valence-corrected chi connectivity index (χ2v) is 6.93. The van der Waals surface area contributed by atoms with Crippen LogP contribution in [0.3, 0.4) is 0 Å². The number of hydrogen-bond acceptors (Lipinski definition) is 3. The van der Waals surface area contributed by atoms with E-state index < -0.39 is 0 Å². The zero-order valence-electron chi connectivity index (χ0n) is 15.2. The molecule has 0 N–H and O–H groups in total. The fraction of sp³-hybridized carbons (Fsp3) is 0.429. The molecule has 0 spiro atoms. The van der Waals surface area contributed by atoms with E-state index in [1.54, 1.807) is 0 Å². The average molecular weight is 337 g/mol. The van der Waals surface area contributed by atoms with Gasteiger partial charge in [0.25, 0.3) is 5.91 Å². The first-order valence-corrected chi connectivity index (χ1v) is 9.09. The highest BCUT2D eigenvalue weighted by Gasteiger charge is 2.25. The summed E-state index contributed by atoms with van der Waals surface area (Å²) >= 11 is 0. The minimum absolute atomic E-state index is 0.131. The lowest BCUT2D eigenvalue weighted by atomic mass is 10.0. The number of aryl methyl sites for hydroxylation is 1. The Hall–Kier alpha value is -2.20. The van der Waals surface area contributed by atoms with Gasteiger partial charge in [-0.15, -0.1) is 0 Å². The van der Waals surface area contributed by atoms with Gasteiger partial charge in [-0.2, -0.15) is 0 Å². The maximum atomic E-state index is 12.7. The fourth-order valence-corrected chi connectivity index (χ4v) is 3.41. The monoisotopic (exact) mass is 337 g/mol. The molecular formula is C21H27N3O. The zero-order valence-corrected chi connectivity index (χ0v) is 15.2. The average Bonchev–Trinajstić information content (AvgIpc) is 2.67. The molecule has 0 bridgehead atoms. The molecule has 1 fully saturated rings. The second-order valence-electron chi connectivity index (χ2n) is 6.93. The van der Waals surface area contributed by atoms with Crippen molar-refractivity contribution in [1.29, 1.82) is 0 Å². The predicted molar refractivity (Wildman–Crippen MR) is 101 cm³/mol. The van der Waals surface area contributed by atoms with Crippen LogP contribution in [0.5, 0.6) is 0 Å². The molecule has 0 saturated carbocycles. The van der Waals surface area contributed by atoms with E-state index in [2.05, 4.69) is 16.0 Å². The van der Waals surface area contributed by atoms with Crippen molar-refractivity contribution in [2.24, 2.45) is 0 Å². The summed E-state index contributed by atoms with van der Waals surface area (Å²) in [6.45, 7) is 5.17. The Morgan fingerprint density at radius 1 is 1.16 bits per heavy atom. The molecule has 4 heteroatoms. The quantitative estimate of drug-likeness (QED) is 0.841. The van der Waals surface area contributed by atoms with Crippen LogP contribution < -0.4 is 0 Å². The summed E-state index contributed by atoms with van der Waals surface area (Å²) in [5, 5.41) is 0. The van der Waals surface area contributed by atoms with Crippen molar-refractivity contribution in [1.82, 2.24) is 14.8 Å². The fourth-order valence-electron chi connectivity index (χ4n) is 3.41. The largest absolute Gasteiger partial charge is 0.339 e. The summed E-state index contributed by atoms with van der Waals surface area (Å²) in [5.74, 6) is 0.131. The van der Waals surface area contributed by atoms with E-state index in [0.29, 0.717) is 6.04 Å². The highest BCUT2D eigenvalue weighted by molar-refractivity contribution is 5.94. The van der Waals surface area contributed by atoms with E-state index in [1.807, 2.05) is 61.5 Å². The third-order valence-electron chi connectivity index (χ3n) is 5.13. The van der Waals surface area contributed by atoms with Gasteiger partial charge in [-0.25, -0.2) is 0 Å². The number of hydrogen-bond donors (Lipinski definition) is 0. The molecule has 1 aliphatic heterocycles. The van der Waals surface area contributed by atoms with Gasteiger partial charge in [0.1, 0.15) is 0 Å². The van der Waals surface area contributed by atoms with E-state index in [9.17, 15) is 4.79 Å². The van der Waals surface area contributed by atoms with Crippen LogP contribution in [0, 0.1) is 6.92 Å². The topological polar surface area (TPSA) is 36.4 Å². The second kappa shape index (κ2) is 8.26. The molecule has 1 aromatic carbocycles. The number of carbonyl (C=O) groups is 1. The van der Waals surface area contributed by atoms with E-state index in [0.717, 1.165) is 50.2 Å². The number of aromatic nitrogens is 1. The Morgan fingerprint density at radius 2 is 1.88 bits per heavy atom. The van der Waals surface area contributed by atoms with Gasteiger partial charge in [0.05, 0.1) is 0 Å². The van der Waals surface area contributed by atoms with Gasteiger partial charge >= 0.3 is 0 Å². The predicted octanol–water partition coefficient (Wildman–Crippen LogP) is 3.17. The molecule has 0 unspecified atom stereocenters. The Bertz CT molecular complexity index is 676. The zero-order chi connectivity index (χ0) is 17.6. The van der Waals surface area contributed by atoms with Gasteiger partial charge in [-0.3, -0.25) is 9.78 Å². The van der Waals surface area contributed by atoms with Crippen molar-refractivity contribution in [3.05, 3.63) is 65.5 Å². The first kappa shape index (κ1) is 17.6. The summed E-state index contributed by atoms with van der Waals surface area (Å²) < 4.78 is 0. The summed E-state index contributed by atoms with van der Waals surface area (Å²) in [6, 6.07) is 14.3. The molecule has 4 nitrogen and oxygen atoms in total. The molecule has 0 atom stereocenters. The molecule has 0 radical (unpaired) electrons. The minimum atomic E-state index is 0.131. The maximum Gasteiger partial charge on any atom is 0.253 e. The number of nitrogens with zero attached hydrogens (tertiary/aromatic N) is 3. The molecule has 2 aromatic rings. The molecule has 1 amide bonds. The van der Waals surface area contributed by atoms with E-state index in [1.165, 1.54) is 5.56 Å². The minimum Gasteiger partial charge on any atom is -0.339 e. The van der Waals surface area contributed by atoms with Crippen molar-refractivity contribution in [2.45, 2.75) is 32.2 Å². The molecule has 1 saturated heterocycles. The smallest absolute Gasteiger partial charge is 0.253 e. The first-order valence-electron chi connectivity index (χ1n) is 9.09. The Kier molecular flexibility index (Phi) is 5.82. The van der Waals surface area contributed by atoms with Crippen LogP contribution in [0.4, 0.5) is 0 Å². The summed E-state index contributed by atoms with van der Waals surface area (Å²) in [7, 11) is 1.94. The van der Waals surface area contributed by atoms with E-state index >= 15 is 0 Å². The van der Waals surface area contributed by atoms with Crippen LogP contribution in [0.1, 0.15) is 34.5 Å². The number of pyridine rings is 1. The van der Waals surface area contributed by atoms with Gasteiger partial charge in [-0.1, -0.05) is 23.8 Å². The number of benzene rings is 1. The number of rotatable bonds is 5. The van der Waals surface area contributed by atoms with Crippen LogP contribution in [-0.2, 0) is 6.42 Å². The van der Waals surface area contributed by atoms with E-state index in [-0.39, 0.29) is 5.91 Å². The van der Waals surface area contributed by atoms with Crippen LogP contribution >= 0.6 is 0 Å². The Morgan fingerprint density at radius 3 is 2.52 bits per heavy atom. The van der Waals surface area contributed by atoms with Gasteiger partial charge in [0, 0.05) is 56.6 Å². The number of likely N-dealkylation sites (tertiary alicyclic amines) is 1. The van der Waals surface area contributed by atoms with Crippen molar-refractivity contribution < 1.29 is 4.79 Å². The van der Waals surface area contributed by atoms with Crippen LogP contribution in [-0.4, -0.2) is 53.4 Å². The molecule has 2 heterocycles. The van der Waals surface area contributed by atoms with Gasteiger partial charge < -0.3 is 9.80 Å². The number of carbonyl (C=O) groups excluding carboxylic acids is 1. The third-order valence-corrected chi connectivity index (χ3v) is 5.13. The summed E-state index contributed by atoms with van der Waals surface area (Å²) in [6.07, 6.45) is 4.92. The number of piperidine rings is 1. The molecular weight excluding hydrogens is 310 g/mol. The normalized spacial score (nSPS) is 15.9. The summed E-state index contributed by atoms with van der Waals surface area (Å²) in [4.78, 5) is 21.5. The van der Waals surface area contributed by atoms with Crippen molar-refractivity contribution in [3.8, 4) is 0 Å². The van der Waals surface area contributed by atoms with Crippen molar-refractivity contribution >= 4 is 5.91 Å². The number of amides is 1. The van der Waals surface area contributed by atoms with Crippen LogP contribution in [0.2, 0.25) is 0 Å².